The predicted octanol–water partition coefficient (Wildman–Crippen LogP) is 1.23. The lowest BCUT2D eigenvalue weighted by Gasteiger charge is -2.34. The van der Waals surface area contributed by atoms with Crippen LogP contribution in [0.15, 0.2) is 29.4 Å². The van der Waals surface area contributed by atoms with E-state index in [1.807, 2.05) is 41.0 Å². The number of amides is 2. The van der Waals surface area contributed by atoms with E-state index in [1.165, 1.54) is 11.8 Å². The Balaban J connectivity index is 1.34. The van der Waals surface area contributed by atoms with Crippen molar-refractivity contribution in [3.8, 4) is 11.4 Å². The van der Waals surface area contributed by atoms with Gasteiger partial charge in [-0.1, -0.05) is 23.9 Å². The molecule has 2 amide bonds. The van der Waals surface area contributed by atoms with E-state index in [-0.39, 0.29) is 23.5 Å². The highest BCUT2D eigenvalue weighted by Crippen LogP contribution is 2.31. The first-order valence-corrected chi connectivity index (χ1v) is 10.9. The number of para-hydroxylation sites is 2. The summed E-state index contributed by atoms with van der Waals surface area (Å²) < 4.78 is 7.25. The predicted molar refractivity (Wildman–Crippen MR) is 107 cm³/mol. The third-order valence-corrected chi connectivity index (χ3v) is 5.93. The molecule has 1 saturated carbocycles. The molecule has 1 saturated heterocycles. The Kier molecular flexibility index (Phi) is 5.98. The fourth-order valence-electron chi connectivity index (χ4n) is 3.31. The summed E-state index contributed by atoms with van der Waals surface area (Å²) in [6.45, 7) is 4.85. The first kappa shape index (κ1) is 19.7. The van der Waals surface area contributed by atoms with Crippen molar-refractivity contribution in [3.05, 3.63) is 24.3 Å². The summed E-state index contributed by atoms with van der Waals surface area (Å²) in [5.41, 5.74) is 0.738. The monoisotopic (exact) mass is 416 g/mol. The quantitative estimate of drug-likeness (QED) is 0.627. The first-order chi connectivity index (χ1) is 14.2. The number of hydrogen-bond acceptors (Lipinski definition) is 7. The number of aromatic nitrogens is 4. The molecule has 0 unspecified atom stereocenters. The normalized spacial score (nSPS) is 16.7. The van der Waals surface area contributed by atoms with E-state index in [0.717, 1.165) is 18.5 Å². The minimum atomic E-state index is 0.0289. The molecule has 154 valence electrons. The van der Waals surface area contributed by atoms with Gasteiger partial charge in [0.25, 0.3) is 0 Å². The SMILES string of the molecule is CCOc1ccccc1-n1nnnc1SCC(=O)N1CCN(C(=O)C2CC2)CC1. The molecule has 0 N–H and O–H groups in total. The highest BCUT2D eigenvalue weighted by molar-refractivity contribution is 7.99. The van der Waals surface area contributed by atoms with Gasteiger partial charge in [0.2, 0.25) is 17.0 Å². The zero-order valence-corrected chi connectivity index (χ0v) is 17.2. The molecule has 29 heavy (non-hydrogen) atoms. The minimum Gasteiger partial charge on any atom is -0.492 e. The van der Waals surface area contributed by atoms with Gasteiger partial charge in [-0.25, -0.2) is 0 Å². The van der Waals surface area contributed by atoms with Crippen LogP contribution in [0.3, 0.4) is 0 Å². The van der Waals surface area contributed by atoms with Crippen LogP contribution >= 0.6 is 11.8 Å². The van der Waals surface area contributed by atoms with E-state index in [2.05, 4.69) is 15.5 Å². The molecular formula is C19H24N6O3S. The topological polar surface area (TPSA) is 93.4 Å². The standard InChI is InChI=1S/C19H24N6O3S/c1-2-28-16-6-4-3-5-15(16)25-19(20-21-22-25)29-13-17(26)23-9-11-24(12-10-23)18(27)14-7-8-14/h3-6,14H,2,7-13H2,1H3. The Hall–Kier alpha value is -2.62. The molecule has 2 heterocycles. The minimum absolute atomic E-state index is 0.0289. The zero-order chi connectivity index (χ0) is 20.2. The average molecular weight is 417 g/mol. The van der Waals surface area contributed by atoms with Gasteiger partial charge < -0.3 is 14.5 Å². The Morgan fingerprint density at radius 2 is 1.86 bits per heavy atom. The van der Waals surface area contributed by atoms with E-state index in [1.54, 1.807) is 4.68 Å². The molecule has 4 rings (SSSR count). The van der Waals surface area contributed by atoms with E-state index in [4.69, 9.17) is 4.74 Å². The number of rotatable bonds is 7. The van der Waals surface area contributed by atoms with Crippen LogP contribution in [0, 0.1) is 5.92 Å². The highest BCUT2D eigenvalue weighted by atomic mass is 32.2. The van der Waals surface area contributed by atoms with Gasteiger partial charge in [0.15, 0.2) is 0 Å². The van der Waals surface area contributed by atoms with Gasteiger partial charge in [-0.2, -0.15) is 4.68 Å². The van der Waals surface area contributed by atoms with Gasteiger partial charge in [0.05, 0.1) is 12.4 Å². The number of nitrogens with zero attached hydrogens (tertiary/aromatic N) is 6. The number of carbonyl (C=O) groups excluding carboxylic acids is 2. The van der Waals surface area contributed by atoms with Crippen LogP contribution in [0.4, 0.5) is 0 Å². The summed E-state index contributed by atoms with van der Waals surface area (Å²) in [6.07, 6.45) is 2.02. The Morgan fingerprint density at radius 1 is 1.14 bits per heavy atom. The number of thioether (sulfide) groups is 1. The molecule has 0 spiro atoms. The lowest BCUT2D eigenvalue weighted by Crippen LogP contribution is -2.51. The lowest BCUT2D eigenvalue weighted by atomic mass is 10.2. The van der Waals surface area contributed by atoms with E-state index in [9.17, 15) is 9.59 Å². The second-order valence-electron chi connectivity index (χ2n) is 7.04. The molecule has 1 aliphatic heterocycles. The molecular weight excluding hydrogens is 392 g/mol. The van der Waals surface area contributed by atoms with Crippen molar-refractivity contribution in [3.63, 3.8) is 0 Å². The van der Waals surface area contributed by atoms with Crippen molar-refractivity contribution in [1.82, 2.24) is 30.0 Å². The molecule has 9 nitrogen and oxygen atoms in total. The molecule has 2 fully saturated rings. The molecule has 1 aromatic heterocycles. The molecule has 0 bridgehead atoms. The maximum absolute atomic E-state index is 12.6. The van der Waals surface area contributed by atoms with Crippen LogP contribution in [0.1, 0.15) is 19.8 Å². The average Bonchev–Trinajstić information content (AvgIpc) is 3.50. The van der Waals surface area contributed by atoms with E-state index >= 15 is 0 Å². The molecule has 10 heteroatoms. The summed E-state index contributed by atoms with van der Waals surface area (Å²) in [5.74, 6) is 1.44. The van der Waals surface area contributed by atoms with Gasteiger partial charge in [-0.15, -0.1) is 5.10 Å². The van der Waals surface area contributed by atoms with Crippen LogP contribution in [0.2, 0.25) is 0 Å². The Bertz CT molecular complexity index is 876. The number of ether oxygens (including phenoxy) is 1. The molecule has 1 aromatic carbocycles. The van der Waals surface area contributed by atoms with Crippen LogP contribution in [0.25, 0.3) is 5.69 Å². The van der Waals surface area contributed by atoms with Crippen LogP contribution in [-0.4, -0.2) is 80.4 Å². The molecule has 2 aliphatic rings. The fraction of sp³-hybridized carbons (Fsp3) is 0.526. The summed E-state index contributed by atoms with van der Waals surface area (Å²) >= 11 is 1.30. The lowest BCUT2D eigenvalue weighted by molar-refractivity contribution is -0.139. The van der Waals surface area contributed by atoms with Crippen LogP contribution in [0.5, 0.6) is 5.75 Å². The summed E-state index contributed by atoms with van der Waals surface area (Å²) in [6, 6.07) is 7.52. The van der Waals surface area contributed by atoms with Gasteiger partial charge in [0, 0.05) is 32.1 Å². The van der Waals surface area contributed by atoms with Crippen molar-refractivity contribution in [2.45, 2.75) is 24.9 Å². The van der Waals surface area contributed by atoms with Crippen molar-refractivity contribution < 1.29 is 14.3 Å². The number of benzene rings is 1. The molecule has 2 aromatic rings. The van der Waals surface area contributed by atoms with Crippen molar-refractivity contribution >= 4 is 23.6 Å². The van der Waals surface area contributed by atoms with Gasteiger partial charge >= 0.3 is 0 Å². The second-order valence-corrected chi connectivity index (χ2v) is 7.99. The highest BCUT2D eigenvalue weighted by Gasteiger charge is 2.35. The summed E-state index contributed by atoms with van der Waals surface area (Å²) in [7, 11) is 0. The van der Waals surface area contributed by atoms with Crippen LogP contribution < -0.4 is 4.74 Å². The molecule has 0 radical (unpaired) electrons. The number of piperazine rings is 1. The summed E-state index contributed by atoms with van der Waals surface area (Å²) in [4.78, 5) is 28.5. The van der Waals surface area contributed by atoms with Gasteiger partial charge in [0.1, 0.15) is 11.4 Å². The second kappa shape index (κ2) is 8.81. The van der Waals surface area contributed by atoms with Crippen molar-refractivity contribution in [1.29, 1.82) is 0 Å². The molecule has 0 atom stereocenters. The number of tetrazole rings is 1. The molecule has 1 aliphatic carbocycles. The van der Waals surface area contributed by atoms with E-state index in [0.29, 0.717) is 43.7 Å². The van der Waals surface area contributed by atoms with Gasteiger partial charge in [-0.3, -0.25) is 9.59 Å². The summed E-state index contributed by atoms with van der Waals surface area (Å²) in [5, 5.41) is 12.4. The fourth-order valence-corrected chi connectivity index (χ4v) is 4.10. The first-order valence-electron chi connectivity index (χ1n) is 9.87. The number of carbonyl (C=O) groups is 2. The Labute approximate surface area is 173 Å². The van der Waals surface area contributed by atoms with Crippen LogP contribution in [-0.2, 0) is 9.59 Å². The smallest absolute Gasteiger partial charge is 0.233 e. The number of hydrogen-bond donors (Lipinski definition) is 0. The zero-order valence-electron chi connectivity index (χ0n) is 16.4. The Morgan fingerprint density at radius 3 is 2.59 bits per heavy atom. The third-order valence-electron chi connectivity index (χ3n) is 5.03. The van der Waals surface area contributed by atoms with Gasteiger partial charge in [-0.05, 0) is 42.3 Å². The van der Waals surface area contributed by atoms with E-state index < -0.39 is 0 Å². The maximum Gasteiger partial charge on any atom is 0.233 e. The van der Waals surface area contributed by atoms with Crippen molar-refractivity contribution in [2.24, 2.45) is 5.92 Å². The maximum atomic E-state index is 12.6. The largest absolute Gasteiger partial charge is 0.492 e. The third kappa shape index (κ3) is 4.52. The van der Waals surface area contributed by atoms with Crippen molar-refractivity contribution in [2.75, 3.05) is 38.5 Å².